The Bertz CT molecular complexity index is 1530. The quantitative estimate of drug-likeness (QED) is 0.245. The number of halogens is 2. The Hall–Kier alpha value is -2.57. The molecule has 3 aromatic rings. The molecule has 5 atom stereocenters. The second kappa shape index (κ2) is 11.3. The number of hydrogen-bond acceptors (Lipinski definition) is 3. The third kappa shape index (κ3) is 5.62. The Balaban J connectivity index is 1.23. The van der Waals surface area contributed by atoms with Crippen molar-refractivity contribution in [3.8, 4) is 0 Å². The number of guanidine groups is 1. The number of nitrogens with zero attached hydrogens (tertiary/aromatic N) is 4. The van der Waals surface area contributed by atoms with E-state index in [-0.39, 0.29) is 5.56 Å². The Morgan fingerprint density at radius 3 is 2.71 bits per heavy atom. The third-order valence-electron chi connectivity index (χ3n) is 10.3. The minimum atomic E-state index is -0.0525. The van der Waals surface area contributed by atoms with Crippen LogP contribution in [0.5, 0.6) is 0 Å². The van der Waals surface area contributed by atoms with Crippen molar-refractivity contribution in [2.24, 2.45) is 34.1 Å². The van der Waals surface area contributed by atoms with E-state index < -0.39 is 0 Å². The highest BCUT2D eigenvalue weighted by Crippen LogP contribution is 2.61. The second-order valence-electron chi connectivity index (χ2n) is 13.3. The van der Waals surface area contributed by atoms with Gasteiger partial charge in [0.05, 0.1) is 23.3 Å². The summed E-state index contributed by atoms with van der Waals surface area (Å²) in [4.78, 5) is 25.8. The molecule has 0 radical (unpaired) electrons. The van der Waals surface area contributed by atoms with Gasteiger partial charge in [0.1, 0.15) is 0 Å². The van der Waals surface area contributed by atoms with Crippen LogP contribution >= 0.6 is 23.2 Å². The lowest BCUT2D eigenvalue weighted by atomic mass is 9.45. The van der Waals surface area contributed by atoms with Crippen molar-refractivity contribution in [3.05, 3.63) is 68.7 Å². The van der Waals surface area contributed by atoms with Crippen LogP contribution in [0.3, 0.4) is 0 Å². The zero-order valence-corrected chi connectivity index (χ0v) is 26.0. The molecule has 41 heavy (non-hydrogen) atoms. The maximum atomic E-state index is 13.3. The van der Waals surface area contributed by atoms with Gasteiger partial charge in [0.2, 0.25) is 0 Å². The lowest BCUT2D eigenvalue weighted by Gasteiger charge is -2.61. The standard InChI is InChI=1S/C33H41Cl2N5O/c1-20-6-5-12-39(18-20)32(38-29-15-23-14-27(21(29)2)33(23,3)4)37-25-9-10-26-30(17-25)36-19-40(31(26)41)13-11-22-7-8-24(34)16-28(22)35/h7-10,16-17,19-21,23,27,29H,5-6,11-15,18H2,1-4H3,(H,37,38)/t20-,21+,23+,27-,29+/m1/s1. The lowest BCUT2D eigenvalue weighted by molar-refractivity contribution is -0.108. The molecule has 2 bridgehead atoms. The van der Waals surface area contributed by atoms with Gasteiger partial charge in [0.15, 0.2) is 5.96 Å². The van der Waals surface area contributed by atoms with Crippen molar-refractivity contribution in [2.45, 2.75) is 72.4 Å². The molecule has 2 heterocycles. The highest BCUT2D eigenvalue weighted by atomic mass is 35.5. The summed E-state index contributed by atoms with van der Waals surface area (Å²) in [6.07, 6.45) is 7.22. The van der Waals surface area contributed by atoms with Crippen LogP contribution in [-0.2, 0) is 13.0 Å². The topological polar surface area (TPSA) is 62.5 Å². The number of aliphatic imine (C=N–C) groups is 1. The molecule has 0 spiro atoms. The average molecular weight is 595 g/mol. The molecule has 0 unspecified atom stereocenters. The van der Waals surface area contributed by atoms with Crippen LogP contribution in [0.1, 0.15) is 58.9 Å². The molecule has 4 aliphatic rings. The fraction of sp³-hybridized carbons (Fsp3) is 0.545. The largest absolute Gasteiger partial charge is 0.342 e. The number of piperidine rings is 1. The van der Waals surface area contributed by atoms with Crippen molar-refractivity contribution < 1.29 is 0 Å². The number of anilines is 1. The Morgan fingerprint density at radius 1 is 1.15 bits per heavy atom. The van der Waals surface area contributed by atoms with Crippen molar-refractivity contribution in [3.63, 3.8) is 0 Å². The molecular weight excluding hydrogens is 553 g/mol. The van der Waals surface area contributed by atoms with Crippen LogP contribution in [0.2, 0.25) is 10.0 Å². The molecule has 1 N–H and O–H groups in total. The van der Waals surface area contributed by atoms with Crippen LogP contribution in [0.25, 0.3) is 10.9 Å². The number of rotatable bonds is 5. The summed E-state index contributed by atoms with van der Waals surface area (Å²) in [6.45, 7) is 12.1. The van der Waals surface area contributed by atoms with Crippen LogP contribution < -0.4 is 10.9 Å². The maximum Gasteiger partial charge on any atom is 0.261 e. The fourth-order valence-electron chi connectivity index (χ4n) is 7.51. The normalized spacial score (nSPS) is 27.5. The first kappa shape index (κ1) is 28.5. The zero-order chi connectivity index (χ0) is 28.9. The summed E-state index contributed by atoms with van der Waals surface area (Å²) in [6, 6.07) is 11.6. The zero-order valence-electron chi connectivity index (χ0n) is 24.5. The van der Waals surface area contributed by atoms with Gasteiger partial charge in [0.25, 0.3) is 5.56 Å². The van der Waals surface area contributed by atoms with E-state index in [1.165, 1.54) is 25.7 Å². The van der Waals surface area contributed by atoms with Gasteiger partial charge in [0, 0.05) is 35.4 Å². The van der Waals surface area contributed by atoms with E-state index in [9.17, 15) is 4.79 Å². The van der Waals surface area contributed by atoms with Crippen LogP contribution in [-0.4, -0.2) is 39.5 Å². The predicted molar refractivity (Wildman–Crippen MR) is 170 cm³/mol. The van der Waals surface area contributed by atoms with Crippen LogP contribution in [0.4, 0.5) is 5.69 Å². The van der Waals surface area contributed by atoms with Gasteiger partial charge in [-0.3, -0.25) is 9.36 Å². The van der Waals surface area contributed by atoms with Gasteiger partial charge < -0.3 is 10.2 Å². The SMILES string of the molecule is C[C@@H]1CCCN(/C(=N\[C@H]2C[C@@H]3C[C@H]([C@@H]2C)C3(C)C)Nc2ccc3c(=O)n(CCc4ccc(Cl)cc4Cl)cnc3c2)C1. The number of nitrogens with one attached hydrogen (secondary N) is 1. The predicted octanol–water partition coefficient (Wildman–Crippen LogP) is 7.52. The summed E-state index contributed by atoms with van der Waals surface area (Å²) in [5.74, 6) is 3.71. The number of aryl methyl sites for hydroxylation is 2. The van der Waals surface area contributed by atoms with E-state index >= 15 is 0 Å². The van der Waals surface area contributed by atoms with Gasteiger partial charge >= 0.3 is 0 Å². The second-order valence-corrected chi connectivity index (χ2v) is 14.1. The number of benzene rings is 2. The van der Waals surface area contributed by atoms with Crippen molar-refractivity contribution in [1.29, 1.82) is 0 Å². The summed E-state index contributed by atoms with van der Waals surface area (Å²) < 4.78 is 1.65. The molecule has 4 fully saturated rings. The Kier molecular flexibility index (Phi) is 7.84. The molecule has 3 aliphatic carbocycles. The molecule has 2 aromatic carbocycles. The number of aromatic nitrogens is 2. The van der Waals surface area contributed by atoms with E-state index in [0.29, 0.717) is 57.2 Å². The highest BCUT2D eigenvalue weighted by molar-refractivity contribution is 6.35. The van der Waals surface area contributed by atoms with Gasteiger partial charge in [-0.05, 0) is 97.1 Å². The first-order chi connectivity index (χ1) is 19.6. The summed E-state index contributed by atoms with van der Waals surface area (Å²) >= 11 is 12.4. The van der Waals surface area contributed by atoms with Crippen LogP contribution in [0.15, 0.2) is 52.5 Å². The van der Waals surface area contributed by atoms with E-state index in [1.54, 1.807) is 17.0 Å². The molecule has 7 rings (SSSR count). The average Bonchev–Trinajstić information content (AvgIpc) is 2.94. The number of hydrogen-bond donors (Lipinski definition) is 1. The van der Waals surface area contributed by atoms with Crippen LogP contribution in [0, 0.1) is 29.1 Å². The highest BCUT2D eigenvalue weighted by Gasteiger charge is 2.56. The number of likely N-dealkylation sites (tertiary alicyclic amines) is 1. The first-order valence-electron chi connectivity index (χ1n) is 15.1. The smallest absolute Gasteiger partial charge is 0.261 e. The summed E-state index contributed by atoms with van der Waals surface area (Å²) in [7, 11) is 0. The summed E-state index contributed by atoms with van der Waals surface area (Å²) in [5.41, 5.74) is 2.94. The van der Waals surface area contributed by atoms with Gasteiger partial charge in [-0.2, -0.15) is 0 Å². The molecule has 1 aromatic heterocycles. The van der Waals surface area contributed by atoms with Crippen molar-refractivity contribution in [2.75, 3.05) is 18.4 Å². The monoisotopic (exact) mass is 593 g/mol. The van der Waals surface area contributed by atoms with E-state index in [0.717, 1.165) is 42.1 Å². The van der Waals surface area contributed by atoms with Gasteiger partial charge in [-0.25, -0.2) is 9.98 Å². The first-order valence-corrected chi connectivity index (χ1v) is 15.9. The van der Waals surface area contributed by atoms with E-state index in [4.69, 9.17) is 28.2 Å². The van der Waals surface area contributed by atoms with E-state index in [2.05, 4.69) is 42.9 Å². The molecule has 6 nitrogen and oxygen atoms in total. The molecule has 3 saturated carbocycles. The van der Waals surface area contributed by atoms with Gasteiger partial charge in [-0.15, -0.1) is 0 Å². The number of fused-ring (bicyclic) bond motifs is 3. The molecule has 1 aliphatic heterocycles. The minimum Gasteiger partial charge on any atom is -0.342 e. The summed E-state index contributed by atoms with van der Waals surface area (Å²) in [5, 5.41) is 5.49. The van der Waals surface area contributed by atoms with Crippen molar-refractivity contribution in [1.82, 2.24) is 14.5 Å². The Morgan fingerprint density at radius 2 is 1.98 bits per heavy atom. The lowest BCUT2D eigenvalue weighted by Crippen LogP contribution is -2.56. The van der Waals surface area contributed by atoms with Gasteiger partial charge in [-0.1, -0.05) is 57.0 Å². The fourth-order valence-corrected chi connectivity index (χ4v) is 8.02. The molecule has 1 saturated heterocycles. The molecule has 0 amide bonds. The third-order valence-corrected chi connectivity index (χ3v) is 10.9. The molecular formula is C33H41Cl2N5O. The molecule has 218 valence electrons. The Labute approximate surface area is 253 Å². The minimum absolute atomic E-state index is 0.0525. The van der Waals surface area contributed by atoms with Crippen molar-refractivity contribution >= 4 is 45.8 Å². The molecule has 8 heteroatoms. The maximum absolute atomic E-state index is 13.3. The van der Waals surface area contributed by atoms with E-state index in [1.807, 2.05) is 30.3 Å².